The molecule has 9 heteroatoms. The van der Waals surface area contributed by atoms with Gasteiger partial charge in [0.25, 0.3) is 5.91 Å². The summed E-state index contributed by atoms with van der Waals surface area (Å²) < 4.78 is 15.0. The third-order valence-corrected chi connectivity index (χ3v) is 5.55. The number of aromatic nitrogens is 4. The van der Waals surface area contributed by atoms with E-state index in [1.807, 2.05) is 0 Å². The minimum Gasteiger partial charge on any atom is -0.383 e. The molecule has 0 bridgehead atoms. The van der Waals surface area contributed by atoms with Crippen LogP contribution in [0.15, 0.2) is 55.0 Å². The molecule has 0 unspecified atom stereocenters. The first-order valence-electron chi connectivity index (χ1n) is 9.89. The molecule has 32 heavy (non-hydrogen) atoms. The van der Waals surface area contributed by atoms with Gasteiger partial charge >= 0.3 is 0 Å². The lowest BCUT2D eigenvalue weighted by Crippen LogP contribution is -2.35. The van der Waals surface area contributed by atoms with Gasteiger partial charge in [0.05, 0.1) is 34.4 Å². The van der Waals surface area contributed by atoms with E-state index in [4.69, 9.17) is 17.3 Å². The lowest BCUT2D eigenvalue weighted by Gasteiger charge is -2.28. The van der Waals surface area contributed by atoms with Crippen LogP contribution in [-0.2, 0) is 6.54 Å². The molecule has 0 aliphatic carbocycles. The largest absolute Gasteiger partial charge is 0.383 e. The molecule has 1 atom stereocenters. The van der Waals surface area contributed by atoms with E-state index in [9.17, 15) is 4.79 Å². The molecule has 0 fully saturated rings. The molecule has 7 nitrogen and oxygen atoms in total. The number of benzene rings is 1. The highest BCUT2D eigenvalue weighted by Crippen LogP contribution is 2.27. The Hall–Kier alpha value is -3.65. The summed E-state index contributed by atoms with van der Waals surface area (Å²) in [4.78, 5) is 32.1. The Kier molecular flexibility index (Phi) is 5.96. The normalized spacial score (nSPS) is 12.0. The van der Waals surface area contributed by atoms with Crippen LogP contribution in [-0.4, -0.2) is 30.7 Å². The third-order valence-electron chi connectivity index (χ3n) is 5.21. The lowest BCUT2D eigenvalue weighted by molar-refractivity contribution is 0.0659. The molecule has 4 rings (SSSR count). The van der Waals surface area contributed by atoms with Crippen molar-refractivity contribution in [2.45, 2.75) is 26.4 Å². The van der Waals surface area contributed by atoms with Crippen molar-refractivity contribution >= 4 is 34.2 Å². The Bertz CT molecular complexity index is 1300. The summed E-state index contributed by atoms with van der Waals surface area (Å²) in [5.74, 6) is -0.506. The number of anilines is 1. The molecule has 162 valence electrons. The molecule has 0 aliphatic heterocycles. The minimum absolute atomic E-state index is 0.0500. The second kappa shape index (κ2) is 8.84. The number of amides is 1. The summed E-state index contributed by atoms with van der Waals surface area (Å²) in [6.07, 6.45) is 4.76. The van der Waals surface area contributed by atoms with Crippen molar-refractivity contribution in [1.82, 2.24) is 24.8 Å². The molecule has 0 spiro atoms. The Labute approximate surface area is 189 Å². The van der Waals surface area contributed by atoms with Crippen LogP contribution in [0.3, 0.4) is 0 Å². The Morgan fingerprint density at radius 3 is 2.59 bits per heavy atom. The zero-order valence-electron chi connectivity index (χ0n) is 17.5. The van der Waals surface area contributed by atoms with Crippen LogP contribution in [0.2, 0.25) is 5.02 Å². The molecule has 2 N–H and O–H groups in total. The van der Waals surface area contributed by atoms with Crippen LogP contribution in [0.4, 0.5) is 10.2 Å². The zero-order valence-corrected chi connectivity index (χ0v) is 18.2. The first kappa shape index (κ1) is 21.6. The lowest BCUT2D eigenvalue weighted by atomic mass is 10.1. The maximum atomic E-state index is 15.0. The van der Waals surface area contributed by atoms with Crippen molar-refractivity contribution in [2.24, 2.45) is 0 Å². The zero-order chi connectivity index (χ0) is 22.8. The quantitative estimate of drug-likeness (QED) is 0.480. The van der Waals surface area contributed by atoms with E-state index < -0.39 is 17.8 Å². The SMILES string of the molecule is Cc1cc2cc(C(=O)N(Cc3ncccc3Cl)[C@H](C)c3ncccn3)c(F)cc2nc1N. The second-order valence-electron chi connectivity index (χ2n) is 7.36. The van der Waals surface area contributed by atoms with Gasteiger partial charge in [0, 0.05) is 30.0 Å². The van der Waals surface area contributed by atoms with Crippen molar-refractivity contribution in [3.05, 3.63) is 88.5 Å². The number of hydrogen-bond acceptors (Lipinski definition) is 6. The monoisotopic (exact) mass is 450 g/mol. The molecule has 0 saturated heterocycles. The number of nitrogen functional groups attached to an aromatic ring is 1. The fraction of sp³-hybridized carbons (Fsp3) is 0.174. The van der Waals surface area contributed by atoms with Crippen molar-refractivity contribution < 1.29 is 9.18 Å². The molecule has 3 heterocycles. The van der Waals surface area contributed by atoms with Crippen molar-refractivity contribution in [2.75, 3.05) is 5.73 Å². The van der Waals surface area contributed by atoms with E-state index in [1.165, 1.54) is 17.0 Å². The highest BCUT2D eigenvalue weighted by Gasteiger charge is 2.28. The van der Waals surface area contributed by atoms with Crippen LogP contribution < -0.4 is 5.73 Å². The van der Waals surface area contributed by atoms with E-state index in [0.29, 0.717) is 33.3 Å². The Morgan fingerprint density at radius 2 is 1.88 bits per heavy atom. The molecule has 1 aromatic carbocycles. The maximum absolute atomic E-state index is 15.0. The molecule has 4 aromatic rings. The number of halogens is 2. The van der Waals surface area contributed by atoms with Gasteiger partial charge in [0.1, 0.15) is 17.5 Å². The minimum atomic E-state index is -0.698. The van der Waals surface area contributed by atoms with Gasteiger partial charge in [-0.2, -0.15) is 0 Å². The van der Waals surface area contributed by atoms with Gasteiger partial charge in [-0.15, -0.1) is 0 Å². The number of carbonyl (C=O) groups excluding carboxylic acids is 1. The van der Waals surface area contributed by atoms with Gasteiger partial charge < -0.3 is 10.6 Å². The van der Waals surface area contributed by atoms with Crippen LogP contribution in [0.5, 0.6) is 0 Å². The van der Waals surface area contributed by atoms with Gasteiger partial charge in [-0.05, 0) is 49.7 Å². The van der Waals surface area contributed by atoms with Gasteiger partial charge in [-0.25, -0.2) is 19.3 Å². The van der Waals surface area contributed by atoms with Crippen molar-refractivity contribution in [3.63, 3.8) is 0 Å². The molecule has 0 aliphatic rings. The average molecular weight is 451 g/mol. The summed E-state index contributed by atoms with van der Waals surface area (Å²) >= 11 is 6.29. The Balaban J connectivity index is 1.79. The van der Waals surface area contributed by atoms with E-state index in [0.717, 1.165) is 5.56 Å². The average Bonchev–Trinajstić information content (AvgIpc) is 2.79. The van der Waals surface area contributed by atoms with Crippen LogP contribution in [0.1, 0.15) is 40.4 Å². The predicted octanol–water partition coefficient (Wildman–Crippen LogP) is 4.51. The van der Waals surface area contributed by atoms with Crippen molar-refractivity contribution in [3.8, 4) is 0 Å². The number of hydrogen-bond donors (Lipinski definition) is 1. The topological polar surface area (TPSA) is 97.9 Å². The molecular formula is C23H20ClFN6O. The fourth-order valence-corrected chi connectivity index (χ4v) is 3.56. The van der Waals surface area contributed by atoms with Crippen LogP contribution >= 0.6 is 11.6 Å². The molecule has 0 radical (unpaired) electrons. The summed E-state index contributed by atoms with van der Waals surface area (Å²) in [7, 11) is 0. The summed E-state index contributed by atoms with van der Waals surface area (Å²) in [5.41, 5.74) is 7.35. The first-order valence-corrected chi connectivity index (χ1v) is 10.3. The molecular weight excluding hydrogens is 431 g/mol. The van der Waals surface area contributed by atoms with E-state index in [2.05, 4.69) is 19.9 Å². The highest BCUT2D eigenvalue weighted by molar-refractivity contribution is 6.31. The highest BCUT2D eigenvalue weighted by atomic mass is 35.5. The number of fused-ring (bicyclic) bond motifs is 1. The number of nitrogens with zero attached hydrogens (tertiary/aromatic N) is 5. The number of nitrogens with two attached hydrogens (primary N) is 1. The molecule has 1 amide bonds. The first-order chi connectivity index (χ1) is 15.3. The van der Waals surface area contributed by atoms with Gasteiger partial charge in [-0.3, -0.25) is 9.78 Å². The second-order valence-corrected chi connectivity index (χ2v) is 7.77. The maximum Gasteiger partial charge on any atom is 0.257 e. The fourth-order valence-electron chi connectivity index (χ4n) is 3.38. The summed E-state index contributed by atoms with van der Waals surface area (Å²) in [6.45, 7) is 3.63. The van der Waals surface area contributed by atoms with Crippen LogP contribution in [0.25, 0.3) is 10.9 Å². The van der Waals surface area contributed by atoms with Gasteiger partial charge in [0.15, 0.2) is 0 Å². The number of carbonyl (C=O) groups is 1. The van der Waals surface area contributed by atoms with E-state index in [-0.39, 0.29) is 12.1 Å². The predicted molar refractivity (Wildman–Crippen MR) is 120 cm³/mol. The van der Waals surface area contributed by atoms with Crippen molar-refractivity contribution in [1.29, 1.82) is 0 Å². The van der Waals surface area contributed by atoms with Crippen LogP contribution in [0, 0.1) is 12.7 Å². The third kappa shape index (κ3) is 4.22. The smallest absolute Gasteiger partial charge is 0.257 e. The standard InChI is InChI=1S/C23H20ClFN6O/c1-13-9-15-10-16(18(25)11-19(15)30-21(13)26)23(32)31(12-20-17(24)5-3-6-27-20)14(2)22-28-7-4-8-29-22/h3-11,14H,12H2,1-2H3,(H2,26,30)/t14-/m1/s1. The van der Waals surface area contributed by atoms with E-state index >= 15 is 4.39 Å². The number of rotatable bonds is 5. The molecule has 0 saturated carbocycles. The molecule has 3 aromatic heterocycles. The Morgan fingerprint density at radius 1 is 1.16 bits per heavy atom. The number of pyridine rings is 2. The number of aryl methyl sites for hydroxylation is 1. The van der Waals surface area contributed by atoms with Gasteiger partial charge in [0.2, 0.25) is 0 Å². The van der Waals surface area contributed by atoms with Gasteiger partial charge in [-0.1, -0.05) is 11.6 Å². The summed E-state index contributed by atoms with van der Waals surface area (Å²) in [6, 6.07) is 8.98. The van der Waals surface area contributed by atoms with E-state index in [1.54, 1.807) is 56.7 Å². The summed E-state index contributed by atoms with van der Waals surface area (Å²) in [5, 5.41) is 1.02.